The van der Waals surface area contributed by atoms with Gasteiger partial charge < -0.3 is 20.7 Å². The van der Waals surface area contributed by atoms with E-state index in [2.05, 4.69) is 25.9 Å². The van der Waals surface area contributed by atoms with Crippen LogP contribution >= 0.6 is 0 Å². The predicted octanol–water partition coefficient (Wildman–Crippen LogP) is 2.19. The molecule has 1 heterocycles. The van der Waals surface area contributed by atoms with Crippen LogP contribution in [-0.2, 0) is 9.53 Å². The van der Waals surface area contributed by atoms with Crippen molar-refractivity contribution >= 4 is 29.3 Å². The average Bonchev–Trinajstić information content (AvgIpc) is 2.61. The molecule has 0 atom stereocenters. The van der Waals surface area contributed by atoms with E-state index in [-0.39, 0.29) is 18.1 Å². The number of hydrogen-bond donors (Lipinski definition) is 3. The van der Waals surface area contributed by atoms with Gasteiger partial charge in [0.25, 0.3) is 5.91 Å². The van der Waals surface area contributed by atoms with E-state index in [0.717, 1.165) is 0 Å². The van der Waals surface area contributed by atoms with Gasteiger partial charge in [0, 0.05) is 23.8 Å². The van der Waals surface area contributed by atoms with Crippen LogP contribution in [0.2, 0.25) is 0 Å². The Labute approximate surface area is 156 Å². The molecule has 0 fully saturated rings. The SMILES string of the molecule is CC(C)(C)OC(=O)NCC(=O)Nc1ccc(NC(=O)c2cnccn2)cc1. The van der Waals surface area contributed by atoms with Crippen molar-refractivity contribution in [3.63, 3.8) is 0 Å². The van der Waals surface area contributed by atoms with Gasteiger partial charge >= 0.3 is 6.09 Å². The summed E-state index contributed by atoms with van der Waals surface area (Å²) in [5, 5.41) is 7.67. The van der Waals surface area contributed by atoms with Crippen LogP contribution < -0.4 is 16.0 Å². The highest BCUT2D eigenvalue weighted by Crippen LogP contribution is 2.14. The number of rotatable bonds is 5. The van der Waals surface area contributed by atoms with Crippen LogP contribution in [0.4, 0.5) is 16.2 Å². The van der Waals surface area contributed by atoms with Gasteiger partial charge in [-0.3, -0.25) is 14.6 Å². The second kappa shape index (κ2) is 8.75. The largest absolute Gasteiger partial charge is 0.444 e. The monoisotopic (exact) mass is 371 g/mol. The van der Waals surface area contributed by atoms with Crippen molar-refractivity contribution in [3.8, 4) is 0 Å². The second-order valence-corrected chi connectivity index (χ2v) is 6.53. The maximum absolute atomic E-state index is 12.0. The standard InChI is InChI=1S/C18H21N5O4/c1-18(2,3)27-17(26)21-11-15(24)22-12-4-6-13(7-5-12)23-16(25)14-10-19-8-9-20-14/h4-10H,11H2,1-3H3,(H,21,26)(H,22,24)(H,23,25). The number of anilines is 2. The zero-order valence-electron chi connectivity index (χ0n) is 15.3. The minimum Gasteiger partial charge on any atom is -0.444 e. The summed E-state index contributed by atoms with van der Waals surface area (Å²) < 4.78 is 5.05. The van der Waals surface area contributed by atoms with E-state index in [9.17, 15) is 14.4 Å². The van der Waals surface area contributed by atoms with Gasteiger partial charge in [0.1, 0.15) is 17.8 Å². The van der Waals surface area contributed by atoms with Crippen LogP contribution in [0.5, 0.6) is 0 Å². The Balaban J connectivity index is 1.82. The molecule has 0 aliphatic carbocycles. The molecule has 9 nitrogen and oxygen atoms in total. The molecule has 0 bridgehead atoms. The van der Waals surface area contributed by atoms with Gasteiger partial charge in [-0.2, -0.15) is 0 Å². The number of ether oxygens (including phenoxy) is 1. The van der Waals surface area contributed by atoms with Crippen molar-refractivity contribution in [1.82, 2.24) is 15.3 Å². The molecule has 1 aromatic carbocycles. The second-order valence-electron chi connectivity index (χ2n) is 6.53. The molecule has 2 aromatic rings. The van der Waals surface area contributed by atoms with Crippen molar-refractivity contribution < 1.29 is 19.1 Å². The molecule has 0 saturated heterocycles. The molecule has 0 aliphatic heterocycles. The van der Waals surface area contributed by atoms with Crippen molar-refractivity contribution in [2.45, 2.75) is 26.4 Å². The Morgan fingerprint density at radius 1 is 1.00 bits per heavy atom. The third-order valence-electron chi connectivity index (χ3n) is 3.01. The fourth-order valence-corrected chi connectivity index (χ4v) is 1.92. The summed E-state index contributed by atoms with van der Waals surface area (Å²) in [5.74, 6) is -0.793. The van der Waals surface area contributed by atoms with Crippen molar-refractivity contribution in [3.05, 3.63) is 48.5 Å². The van der Waals surface area contributed by atoms with Gasteiger partial charge in [-0.15, -0.1) is 0 Å². The van der Waals surface area contributed by atoms with E-state index >= 15 is 0 Å². The van der Waals surface area contributed by atoms with Crippen LogP contribution in [0.3, 0.4) is 0 Å². The van der Waals surface area contributed by atoms with Gasteiger partial charge in [-0.1, -0.05) is 0 Å². The normalized spacial score (nSPS) is 10.6. The molecule has 0 aliphatic rings. The highest BCUT2D eigenvalue weighted by Gasteiger charge is 2.16. The molecule has 0 unspecified atom stereocenters. The van der Waals surface area contributed by atoms with Crippen LogP contribution in [0.15, 0.2) is 42.9 Å². The van der Waals surface area contributed by atoms with E-state index in [4.69, 9.17) is 4.74 Å². The number of nitrogens with one attached hydrogen (secondary N) is 3. The third kappa shape index (κ3) is 7.10. The summed E-state index contributed by atoms with van der Waals surface area (Å²) >= 11 is 0. The van der Waals surface area contributed by atoms with E-state index in [1.165, 1.54) is 18.6 Å². The average molecular weight is 371 g/mol. The molecule has 142 valence electrons. The van der Waals surface area contributed by atoms with Gasteiger partial charge in [0.2, 0.25) is 5.91 Å². The zero-order chi connectivity index (χ0) is 19.9. The first-order chi connectivity index (χ1) is 12.7. The van der Waals surface area contributed by atoms with Gasteiger partial charge in [0.15, 0.2) is 0 Å². The lowest BCUT2D eigenvalue weighted by Crippen LogP contribution is -2.37. The minimum absolute atomic E-state index is 0.197. The Morgan fingerprint density at radius 2 is 1.63 bits per heavy atom. The van der Waals surface area contributed by atoms with E-state index in [1.807, 2.05) is 0 Å². The maximum atomic E-state index is 12.0. The fraction of sp³-hybridized carbons (Fsp3) is 0.278. The lowest BCUT2D eigenvalue weighted by Gasteiger charge is -2.19. The first-order valence-corrected chi connectivity index (χ1v) is 8.17. The fourth-order valence-electron chi connectivity index (χ4n) is 1.92. The number of benzene rings is 1. The molecule has 3 amide bonds. The number of nitrogens with zero attached hydrogens (tertiary/aromatic N) is 2. The Morgan fingerprint density at radius 3 is 2.19 bits per heavy atom. The minimum atomic E-state index is -0.667. The number of aromatic nitrogens is 2. The molecule has 9 heteroatoms. The summed E-state index contributed by atoms with van der Waals surface area (Å²) in [6, 6.07) is 6.51. The van der Waals surface area contributed by atoms with E-state index in [1.54, 1.807) is 45.0 Å². The smallest absolute Gasteiger partial charge is 0.408 e. The number of hydrogen-bond acceptors (Lipinski definition) is 6. The summed E-state index contributed by atoms with van der Waals surface area (Å²) in [7, 11) is 0. The quantitative estimate of drug-likeness (QED) is 0.740. The van der Waals surface area contributed by atoms with E-state index in [0.29, 0.717) is 11.4 Å². The molecule has 27 heavy (non-hydrogen) atoms. The maximum Gasteiger partial charge on any atom is 0.408 e. The summed E-state index contributed by atoms with van der Waals surface area (Å²) in [6.07, 6.45) is 3.60. The summed E-state index contributed by atoms with van der Waals surface area (Å²) in [4.78, 5) is 43.1. The highest BCUT2D eigenvalue weighted by molar-refractivity contribution is 6.02. The Bertz CT molecular complexity index is 801. The molecular formula is C18H21N5O4. The van der Waals surface area contributed by atoms with Crippen LogP contribution in [-0.4, -0.2) is 40.0 Å². The first kappa shape index (κ1) is 19.8. The number of amides is 3. The van der Waals surface area contributed by atoms with Crippen LogP contribution in [0.1, 0.15) is 31.3 Å². The predicted molar refractivity (Wildman–Crippen MR) is 99.3 cm³/mol. The van der Waals surface area contributed by atoms with Crippen molar-refractivity contribution in [2.24, 2.45) is 0 Å². The third-order valence-corrected chi connectivity index (χ3v) is 3.01. The van der Waals surface area contributed by atoms with Gasteiger partial charge in [0.05, 0.1) is 6.20 Å². The number of carbonyl (C=O) groups excluding carboxylic acids is 3. The summed E-state index contributed by atoms with van der Waals surface area (Å²) in [5.41, 5.74) is 0.619. The molecule has 0 spiro atoms. The molecule has 2 rings (SSSR count). The van der Waals surface area contributed by atoms with Gasteiger partial charge in [-0.25, -0.2) is 9.78 Å². The molecule has 3 N–H and O–H groups in total. The number of carbonyl (C=O) groups is 3. The van der Waals surface area contributed by atoms with Crippen LogP contribution in [0.25, 0.3) is 0 Å². The molecular weight excluding hydrogens is 350 g/mol. The summed E-state index contributed by atoms with van der Waals surface area (Å²) in [6.45, 7) is 4.98. The molecule has 0 radical (unpaired) electrons. The lowest BCUT2D eigenvalue weighted by molar-refractivity contribution is -0.115. The Kier molecular flexibility index (Phi) is 6.42. The Hall–Kier alpha value is -3.49. The van der Waals surface area contributed by atoms with Gasteiger partial charge in [-0.05, 0) is 45.0 Å². The van der Waals surface area contributed by atoms with Crippen molar-refractivity contribution in [2.75, 3.05) is 17.2 Å². The molecule has 0 saturated carbocycles. The first-order valence-electron chi connectivity index (χ1n) is 8.17. The lowest BCUT2D eigenvalue weighted by atomic mass is 10.2. The number of alkyl carbamates (subject to hydrolysis) is 1. The van der Waals surface area contributed by atoms with E-state index < -0.39 is 17.6 Å². The van der Waals surface area contributed by atoms with Crippen LogP contribution in [0, 0.1) is 0 Å². The highest BCUT2D eigenvalue weighted by atomic mass is 16.6. The van der Waals surface area contributed by atoms with Crippen molar-refractivity contribution in [1.29, 1.82) is 0 Å². The zero-order valence-corrected chi connectivity index (χ0v) is 15.3. The molecule has 1 aromatic heterocycles. The topological polar surface area (TPSA) is 122 Å².